The predicted octanol–water partition coefficient (Wildman–Crippen LogP) is 1.58. The standard InChI is InChI=1S/C12H22N2O/c1-12(7-2-3-8-12)14-11(15)6-9-13-10-4-5-10/h10,13H,2-9H2,1H3,(H,14,15). The summed E-state index contributed by atoms with van der Waals surface area (Å²) in [5.41, 5.74) is 0.0939. The summed E-state index contributed by atoms with van der Waals surface area (Å²) in [6, 6.07) is 0.708. The van der Waals surface area contributed by atoms with Crippen molar-refractivity contribution in [1.82, 2.24) is 10.6 Å². The molecule has 0 aromatic rings. The van der Waals surface area contributed by atoms with Crippen molar-refractivity contribution in [3.63, 3.8) is 0 Å². The van der Waals surface area contributed by atoms with E-state index >= 15 is 0 Å². The van der Waals surface area contributed by atoms with E-state index in [0.717, 1.165) is 19.4 Å². The predicted molar refractivity (Wildman–Crippen MR) is 60.7 cm³/mol. The second kappa shape index (κ2) is 4.52. The average molecular weight is 210 g/mol. The van der Waals surface area contributed by atoms with Gasteiger partial charge in [-0.2, -0.15) is 0 Å². The first-order valence-electron chi connectivity index (χ1n) is 6.22. The second-order valence-electron chi connectivity index (χ2n) is 5.29. The minimum atomic E-state index is 0.0939. The van der Waals surface area contributed by atoms with E-state index in [9.17, 15) is 4.79 Å². The number of amides is 1. The maximum absolute atomic E-state index is 11.7. The van der Waals surface area contributed by atoms with Gasteiger partial charge in [-0.3, -0.25) is 4.79 Å². The lowest BCUT2D eigenvalue weighted by atomic mass is 10.0. The quantitative estimate of drug-likeness (QED) is 0.723. The highest BCUT2D eigenvalue weighted by atomic mass is 16.1. The molecule has 0 radical (unpaired) electrons. The molecule has 0 aliphatic heterocycles. The summed E-state index contributed by atoms with van der Waals surface area (Å²) in [5.74, 6) is 0.215. The van der Waals surface area contributed by atoms with Crippen molar-refractivity contribution in [2.45, 2.75) is 63.5 Å². The highest BCUT2D eigenvalue weighted by molar-refractivity contribution is 5.77. The maximum atomic E-state index is 11.7. The van der Waals surface area contributed by atoms with Crippen molar-refractivity contribution in [2.75, 3.05) is 6.54 Å². The fourth-order valence-corrected chi connectivity index (χ4v) is 2.36. The zero-order valence-corrected chi connectivity index (χ0v) is 9.64. The molecule has 1 amide bonds. The molecule has 0 spiro atoms. The molecule has 2 saturated carbocycles. The Hall–Kier alpha value is -0.570. The highest BCUT2D eigenvalue weighted by Crippen LogP contribution is 2.28. The van der Waals surface area contributed by atoms with Crippen molar-refractivity contribution in [1.29, 1.82) is 0 Å². The molecule has 86 valence electrons. The minimum Gasteiger partial charge on any atom is -0.351 e. The lowest BCUT2D eigenvalue weighted by Crippen LogP contribution is -2.44. The summed E-state index contributed by atoms with van der Waals surface area (Å²) in [7, 11) is 0. The molecule has 0 aromatic carbocycles. The second-order valence-corrected chi connectivity index (χ2v) is 5.29. The first kappa shape index (κ1) is 10.9. The number of rotatable bonds is 5. The summed E-state index contributed by atoms with van der Waals surface area (Å²) < 4.78 is 0. The van der Waals surface area contributed by atoms with Crippen LogP contribution in [0.2, 0.25) is 0 Å². The normalized spacial score (nSPS) is 24.1. The number of nitrogens with one attached hydrogen (secondary N) is 2. The average Bonchev–Trinajstić information content (AvgIpc) is 2.89. The third-order valence-corrected chi connectivity index (χ3v) is 3.51. The number of hydrogen-bond acceptors (Lipinski definition) is 2. The summed E-state index contributed by atoms with van der Waals surface area (Å²) >= 11 is 0. The third kappa shape index (κ3) is 3.49. The van der Waals surface area contributed by atoms with Crippen molar-refractivity contribution < 1.29 is 4.79 Å². The largest absolute Gasteiger partial charge is 0.351 e. The van der Waals surface area contributed by atoms with Crippen LogP contribution in [-0.4, -0.2) is 24.0 Å². The maximum Gasteiger partial charge on any atom is 0.221 e. The van der Waals surface area contributed by atoms with Gasteiger partial charge in [0.15, 0.2) is 0 Å². The van der Waals surface area contributed by atoms with E-state index in [1.54, 1.807) is 0 Å². The molecule has 0 heterocycles. The van der Waals surface area contributed by atoms with E-state index in [0.29, 0.717) is 12.5 Å². The van der Waals surface area contributed by atoms with E-state index in [2.05, 4.69) is 17.6 Å². The van der Waals surface area contributed by atoms with Crippen molar-refractivity contribution >= 4 is 5.91 Å². The van der Waals surface area contributed by atoms with E-state index in [4.69, 9.17) is 0 Å². The molecular weight excluding hydrogens is 188 g/mol. The Labute approximate surface area is 92.0 Å². The molecule has 0 atom stereocenters. The zero-order valence-electron chi connectivity index (χ0n) is 9.64. The lowest BCUT2D eigenvalue weighted by Gasteiger charge is -2.25. The van der Waals surface area contributed by atoms with Crippen LogP contribution in [0.4, 0.5) is 0 Å². The Morgan fingerprint density at radius 3 is 2.60 bits per heavy atom. The lowest BCUT2D eigenvalue weighted by molar-refractivity contribution is -0.122. The molecule has 2 aliphatic carbocycles. The topological polar surface area (TPSA) is 41.1 Å². The fourth-order valence-electron chi connectivity index (χ4n) is 2.36. The number of carbonyl (C=O) groups excluding carboxylic acids is 1. The molecule has 2 rings (SSSR count). The van der Waals surface area contributed by atoms with Gasteiger partial charge in [-0.1, -0.05) is 12.8 Å². The molecule has 0 unspecified atom stereocenters. The van der Waals surface area contributed by atoms with Gasteiger partial charge in [0.05, 0.1) is 0 Å². The van der Waals surface area contributed by atoms with E-state index in [1.165, 1.54) is 25.7 Å². The molecule has 0 bridgehead atoms. The number of carbonyl (C=O) groups is 1. The van der Waals surface area contributed by atoms with Crippen LogP contribution >= 0.6 is 0 Å². The van der Waals surface area contributed by atoms with Crippen LogP contribution in [0.3, 0.4) is 0 Å². The van der Waals surface area contributed by atoms with Crippen LogP contribution in [0.15, 0.2) is 0 Å². The minimum absolute atomic E-state index is 0.0939. The molecule has 2 N–H and O–H groups in total. The number of hydrogen-bond donors (Lipinski definition) is 2. The van der Waals surface area contributed by atoms with Crippen LogP contribution in [0.25, 0.3) is 0 Å². The zero-order chi connectivity index (χ0) is 10.7. The molecule has 2 aliphatic rings. The van der Waals surface area contributed by atoms with E-state index < -0.39 is 0 Å². The van der Waals surface area contributed by atoms with Crippen molar-refractivity contribution in [3.8, 4) is 0 Å². The summed E-state index contributed by atoms with van der Waals surface area (Å²) in [5, 5.41) is 6.53. The van der Waals surface area contributed by atoms with Gasteiger partial charge in [-0.15, -0.1) is 0 Å². The molecular formula is C12H22N2O. The Kier molecular flexibility index (Phi) is 3.29. The summed E-state index contributed by atoms with van der Waals surface area (Å²) in [6.45, 7) is 3.01. The van der Waals surface area contributed by atoms with Gasteiger partial charge in [0, 0.05) is 24.5 Å². The first-order valence-corrected chi connectivity index (χ1v) is 6.22. The van der Waals surface area contributed by atoms with E-state index in [1.807, 2.05) is 0 Å². The molecule has 2 fully saturated rings. The van der Waals surface area contributed by atoms with Gasteiger partial charge in [0.25, 0.3) is 0 Å². The van der Waals surface area contributed by atoms with Crippen molar-refractivity contribution in [3.05, 3.63) is 0 Å². The van der Waals surface area contributed by atoms with Crippen LogP contribution in [0.1, 0.15) is 51.9 Å². The smallest absolute Gasteiger partial charge is 0.221 e. The molecule has 3 nitrogen and oxygen atoms in total. The van der Waals surface area contributed by atoms with Gasteiger partial charge < -0.3 is 10.6 Å². The van der Waals surface area contributed by atoms with Crippen LogP contribution < -0.4 is 10.6 Å². The molecule has 15 heavy (non-hydrogen) atoms. The highest BCUT2D eigenvalue weighted by Gasteiger charge is 2.29. The monoisotopic (exact) mass is 210 g/mol. The van der Waals surface area contributed by atoms with Crippen LogP contribution in [-0.2, 0) is 4.79 Å². The Bertz CT molecular complexity index is 230. The molecule has 0 saturated heterocycles. The first-order chi connectivity index (χ1) is 7.18. The Balaban J connectivity index is 1.62. The molecule has 0 aromatic heterocycles. The summed E-state index contributed by atoms with van der Waals surface area (Å²) in [4.78, 5) is 11.7. The summed E-state index contributed by atoms with van der Waals surface area (Å²) in [6.07, 6.45) is 8.03. The molecule has 3 heteroatoms. The van der Waals surface area contributed by atoms with Gasteiger partial charge in [0.1, 0.15) is 0 Å². The van der Waals surface area contributed by atoms with Crippen molar-refractivity contribution in [2.24, 2.45) is 0 Å². The Morgan fingerprint density at radius 2 is 2.00 bits per heavy atom. The Morgan fingerprint density at radius 1 is 1.33 bits per heavy atom. The van der Waals surface area contributed by atoms with Gasteiger partial charge in [-0.25, -0.2) is 0 Å². The van der Waals surface area contributed by atoms with Gasteiger partial charge in [-0.05, 0) is 32.6 Å². The van der Waals surface area contributed by atoms with Gasteiger partial charge >= 0.3 is 0 Å². The van der Waals surface area contributed by atoms with Crippen LogP contribution in [0.5, 0.6) is 0 Å². The van der Waals surface area contributed by atoms with Gasteiger partial charge in [0.2, 0.25) is 5.91 Å². The van der Waals surface area contributed by atoms with Crippen LogP contribution in [0, 0.1) is 0 Å². The van der Waals surface area contributed by atoms with E-state index in [-0.39, 0.29) is 11.4 Å². The third-order valence-electron chi connectivity index (χ3n) is 3.51. The fraction of sp³-hybridized carbons (Fsp3) is 0.917. The SMILES string of the molecule is CC1(NC(=O)CCNC2CC2)CCCC1.